The van der Waals surface area contributed by atoms with Crippen LogP contribution in [-0.2, 0) is 11.3 Å². The third-order valence-corrected chi connectivity index (χ3v) is 1.78. The third kappa shape index (κ3) is 1.58. The van der Waals surface area contributed by atoms with Gasteiger partial charge >= 0.3 is 0 Å². The molecule has 0 atom stereocenters. The lowest BCUT2D eigenvalue weighted by molar-refractivity contribution is -0.00591. The molecule has 0 aliphatic carbocycles. The smallest absolute Gasteiger partial charge is 0.0643 e. The molecule has 1 aromatic rings. The van der Waals surface area contributed by atoms with E-state index in [1.54, 1.807) is 6.20 Å². The Hall–Kier alpha value is -0.870. The first-order valence-electron chi connectivity index (χ1n) is 3.74. The highest BCUT2D eigenvalue weighted by Gasteiger charge is 2.16. The van der Waals surface area contributed by atoms with E-state index in [2.05, 4.69) is 15.5 Å². The Morgan fingerprint density at radius 1 is 1.73 bits per heavy atom. The zero-order chi connectivity index (χ0) is 7.52. The van der Waals surface area contributed by atoms with Gasteiger partial charge in [-0.05, 0) is 6.07 Å². The molecule has 1 aliphatic rings. The van der Waals surface area contributed by atoms with Crippen molar-refractivity contribution in [1.29, 1.82) is 0 Å². The Morgan fingerprint density at radius 3 is 3.18 bits per heavy atom. The first-order valence-corrected chi connectivity index (χ1v) is 3.74. The first kappa shape index (κ1) is 6.82. The van der Waals surface area contributed by atoms with E-state index < -0.39 is 0 Å². The normalized spacial score (nSPS) is 18.2. The van der Waals surface area contributed by atoms with Gasteiger partial charge in [0.1, 0.15) is 0 Å². The molecule has 60 valence electrons. The SMILES string of the molecule is c1cc(CNC2COC2)[nH]n1. The minimum Gasteiger partial charge on any atom is -0.378 e. The minimum atomic E-state index is 0.540. The standard InChI is InChI=1S/C7H11N3O/c1-2-9-10-6(1)3-8-7-4-11-5-7/h1-2,7-8H,3-5H2,(H,9,10). The summed E-state index contributed by atoms with van der Waals surface area (Å²) < 4.78 is 5.02. The second-order valence-corrected chi connectivity index (χ2v) is 2.70. The monoisotopic (exact) mass is 153 g/mol. The third-order valence-electron chi connectivity index (χ3n) is 1.78. The van der Waals surface area contributed by atoms with Crippen LogP contribution in [0.1, 0.15) is 5.69 Å². The fraction of sp³-hybridized carbons (Fsp3) is 0.571. The van der Waals surface area contributed by atoms with E-state index >= 15 is 0 Å². The quantitative estimate of drug-likeness (QED) is 0.637. The second kappa shape index (κ2) is 3.02. The zero-order valence-corrected chi connectivity index (χ0v) is 6.21. The van der Waals surface area contributed by atoms with Crippen LogP contribution in [0.25, 0.3) is 0 Å². The molecule has 0 bridgehead atoms. The summed E-state index contributed by atoms with van der Waals surface area (Å²) in [6, 6.07) is 2.50. The van der Waals surface area contributed by atoms with E-state index in [1.807, 2.05) is 6.07 Å². The lowest BCUT2D eigenvalue weighted by Gasteiger charge is -2.26. The fourth-order valence-electron chi connectivity index (χ4n) is 0.991. The van der Waals surface area contributed by atoms with Gasteiger partial charge in [-0.2, -0.15) is 5.10 Å². The van der Waals surface area contributed by atoms with Gasteiger partial charge in [-0.25, -0.2) is 0 Å². The predicted octanol–water partition coefficient (Wildman–Crippen LogP) is -0.102. The number of rotatable bonds is 3. The van der Waals surface area contributed by atoms with Crippen LogP contribution in [0.2, 0.25) is 0 Å². The average Bonchev–Trinajstić information content (AvgIpc) is 2.36. The molecule has 0 aromatic carbocycles. The molecule has 1 saturated heterocycles. The zero-order valence-electron chi connectivity index (χ0n) is 6.21. The van der Waals surface area contributed by atoms with Crippen molar-refractivity contribution >= 4 is 0 Å². The summed E-state index contributed by atoms with van der Waals surface area (Å²) in [5.74, 6) is 0. The number of hydrogen-bond acceptors (Lipinski definition) is 3. The van der Waals surface area contributed by atoms with Gasteiger partial charge in [0, 0.05) is 18.4 Å². The molecule has 2 N–H and O–H groups in total. The van der Waals surface area contributed by atoms with Crippen LogP contribution in [0.4, 0.5) is 0 Å². The summed E-state index contributed by atoms with van der Waals surface area (Å²) in [6.07, 6.45) is 1.76. The van der Waals surface area contributed by atoms with Crippen LogP contribution >= 0.6 is 0 Å². The molecule has 11 heavy (non-hydrogen) atoms. The highest BCUT2D eigenvalue weighted by Crippen LogP contribution is 2.00. The topological polar surface area (TPSA) is 49.9 Å². The van der Waals surface area contributed by atoms with Gasteiger partial charge < -0.3 is 10.1 Å². The van der Waals surface area contributed by atoms with Gasteiger partial charge in [-0.15, -0.1) is 0 Å². The minimum absolute atomic E-state index is 0.540. The molecule has 2 heterocycles. The second-order valence-electron chi connectivity index (χ2n) is 2.70. The molecule has 4 heteroatoms. The van der Waals surface area contributed by atoms with E-state index in [9.17, 15) is 0 Å². The molecule has 2 rings (SSSR count). The molecule has 1 fully saturated rings. The van der Waals surface area contributed by atoms with Crippen LogP contribution in [0, 0.1) is 0 Å². The van der Waals surface area contributed by atoms with Gasteiger partial charge in [-0.1, -0.05) is 0 Å². The number of nitrogens with zero attached hydrogens (tertiary/aromatic N) is 1. The largest absolute Gasteiger partial charge is 0.378 e. The molecule has 0 amide bonds. The predicted molar refractivity (Wildman–Crippen MR) is 40.0 cm³/mol. The summed E-state index contributed by atoms with van der Waals surface area (Å²) in [4.78, 5) is 0. The van der Waals surface area contributed by atoms with E-state index in [4.69, 9.17) is 4.74 Å². The average molecular weight is 153 g/mol. The summed E-state index contributed by atoms with van der Waals surface area (Å²) in [5, 5.41) is 10.1. The Morgan fingerprint density at radius 2 is 2.64 bits per heavy atom. The van der Waals surface area contributed by atoms with Gasteiger partial charge in [0.05, 0.1) is 19.3 Å². The Labute approximate surface area is 64.9 Å². The van der Waals surface area contributed by atoms with Gasteiger partial charge in [0.25, 0.3) is 0 Å². The van der Waals surface area contributed by atoms with Gasteiger partial charge in [0.15, 0.2) is 0 Å². The maximum Gasteiger partial charge on any atom is 0.0643 e. The molecule has 0 spiro atoms. The van der Waals surface area contributed by atoms with Crippen molar-refractivity contribution in [3.05, 3.63) is 18.0 Å². The molecular formula is C7H11N3O. The molecular weight excluding hydrogens is 142 g/mol. The van der Waals surface area contributed by atoms with Crippen molar-refractivity contribution in [2.45, 2.75) is 12.6 Å². The number of nitrogens with one attached hydrogen (secondary N) is 2. The number of hydrogen-bond donors (Lipinski definition) is 2. The lowest BCUT2D eigenvalue weighted by Crippen LogP contribution is -2.45. The van der Waals surface area contributed by atoms with Crippen molar-refractivity contribution in [3.63, 3.8) is 0 Å². The summed E-state index contributed by atoms with van der Waals surface area (Å²) in [5.41, 5.74) is 1.12. The van der Waals surface area contributed by atoms with Crippen molar-refractivity contribution in [2.24, 2.45) is 0 Å². The molecule has 0 unspecified atom stereocenters. The van der Waals surface area contributed by atoms with Crippen LogP contribution < -0.4 is 5.32 Å². The van der Waals surface area contributed by atoms with Gasteiger partial charge in [0.2, 0.25) is 0 Å². The van der Waals surface area contributed by atoms with Crippen molar-refractivity contribution in [2.75, 3.05) is 13.2 Å². The molecule has 0 radical (unpaired) electrons. The maximum atomic E-state index is 5.02. The molecule has 1 aliphatic heterocycles. The van der Waals surface area contributed by atoms with Crippen molar-refractivity contribution in [1.82, 2.24) is 15.5 Å². The summed E-state index contributed by atoms with van der Waals surface area (Å²) >= 11 is 0. The number of aromatic nitrogens is 2. The van der Waals surface area contributed by atoms with E-state index in [1.165, 1.54) is 0 Å². The van der Waals surface area contributed by atoms with Crippen LogP contribution in [0.5, 0.6) is 0 Å². The number of ether oxygens (including phenoxy) is 1. The van der Waals surface area contributed by atoms with E-state index in [0.717, 1.165) is 25.5 Å². The van der Waals surface area contributed by atoms with E-state index in [-0.39, 0.29) is 0 Å². The fourth-order valence-corrected chi connectivity index (χ4v) is 0.991. The highest BCUT2D eigenvalue weighted by molar-refractivity contribution is 4.97. The summed E-state index contributed by atoms with van der Waals surface area (Å²) in [6.45, 7) is 2.54. The highest BCUT2D eigenvalue weighted by atomic mass is 16.5. The van der Waals surface area contributed by atoms with Crippen LogP contribution in [0.3, 0.4) is 0 Å². The number of H-pyrrole nitrogens is 1. The van der Waals surface area contributed by atoms with E-state index in [0.29, 0.717) is 6.04 Å². The molecule has 0 saturated carbocycles. The van der Waals surface area contributed by atoms with Crippen molar-refractivity contribution in [3.8, 4) is 0 Å². The lowest BCUT2D eigenvalue weighted by atomic mass is 10.2. The summed E-state index contributed by atoms with van der Waals surface area (Å²) in [7, 11) is 0. The molecule has 4 nitrogen and oxygen atoms in total. The first-order chi connectivity index (χ1) is 5.45. The van der Waals surface area contributed by atoms with Gasteiger partial charge in [-0.3, -0.25) is 5.10 Å². The van der Waals surface area contributed by atoms with Crippen LogP contribution in [0.15, 0.2) is 12.3 Å². The maximum absolute atomic E-state index is 5.02. The molecule has 1 aromatic heterocycles. The Kier molecular flexibility index (Phi) is 1.87. The Bertz CT molecular complexity index is 205. The van der Waals surface area contributed by atoms with Crippen molar-refractivity contribution < 1.29 is 4.74 Å². The number of aromatic amines is 1. The Balaban J connectivity index is 1.74. The van der Waals surface area contributed by atoms with Crippen LogP contribution in [-0.4, -0.2) is 29.5 Å².